The number of hydrogen-bond donors (Lipinski definition) is 1. The minimum atomic E-state index is -0.236. The zero-order chi connectivity index (χ0) is 13.2. The summed E-state index contributed by atoms with van der Waals surface area (Å²) in [6.07, 6.45) is 5.41. The van der Waals surface area contributed by atoms with Crippen LogP contribution in [0.4, 0.5) is 10.2 Å². The van der Waals surface area contributed by atoms with Gasteiger partial charge in [0, 0.05) is 25.1 Å². The lowest BCUT2D eigenvalue weighted by atomic mass is 10.2. The first-order valence-corrected chi connectivity index (χ1v) is 6.49. The number of imidazole rings is 1. The van der Waals surface area contributed by atoms with Crippen molar-refractivity contribution in [3.05, 3.63) is 58.8 Å². The maximum absolute atomic E-state index is 12.8. The zero-order valence-corrected chi connectivity index (χ0v) is 11.4. The highest BCUT2D eigenvalue weighted by Gasteiger charge is 2.06. The molecule has 0 fully saturated rings. The molecule has 19 heavy (non-hydrogen) atoms. The Balaban J connectivity index is 1.85. The van der Waals surface area contributed by atoms with E-state index in [4.69, 9.17) is 0 Å². The Hall–Kier alpha value is -1.95. The number of nitrogens with zero attached hydrogens (tertiary/aromatic N) is 3. The predicted molar refractivity (Wildman–Crippen MR) is 74.4 cm³/mol. The van der Waals surface area contributed by atoms with Crippen molar-refractivity contribution in [1.82, 2.24) is 14.4 Å². The quantitative estimate of drug-likeness (QED) is 0.805. The summed E-state index contributed by atoms with van der Waals surface area (Å²) in [5, 5.41) is 3.20. The summed E-state index contributed by atoms with van der Waals surface area (Å²) in [4.78, 5) is 8.60. The van der Waals surface area contributed by atoms with Crippen LogP contribution < -0.4 is 5.32 Å². The number of halogens is 2. The van der Waals surface area contributed by atoms with Crippen LogP contribution in [0.15, 0.2) is 47.5 Å². The second kappa shape index (κ2) is 4.97. The molecule has 1 aromatic carbocycles. The minimum Gasteiger partial charge on any atom is -0.363 e. The third-order valence-corrected chi connectivity index (χ3v) is 3.10. The Labute approximate surface area is 117 Å². The fraction of sp³-hybridized carbons (Fsp3) is 0.0769. The molecule has 0 saturated heterocycles. The third-order valence-electron chi connectivity index (χ3n) is 2.72. The van der Waals surface area contributed by atoms with Gasteiger partial charge in [-0.2, -0.15) is 0 Å². The van der Waals surface area contributed by atoms with Gasteiger partial charge in [-0.1, -0.05) is 12.1 Å². The normalized spacial score (nSPS) is 10.8. The van der Waals surface area contributed by atoms with Gasteiger partial charge in [-0.15, -0.1) is 0 Å². The average molecular weight is 321 g/mol. The summed E-state index contributed by atoms with van der Waals surface area (Å²) in [5.74, 6) is 0.448. The summed E-state index contributed by atoms with van der Waals surface area (Å²) < 4.78 is 15.4. The zero-order valence-electron chi connectivity index (χ0n) is 9.85. The lowest BCUT2D eigenvalue weighted by molar-refractivity contribution is 0.627. The number of aromatic nitrogens is 3. The molecule has 1 N–H and O–H groups in total. The number of fused-ring (bicyclic) bond motifs is 1. The molecule has 0 aliphatic carbocycles. The smallest absolute Gasteiger partial charge is 0.180 e. The maximum Gasteiger partial charge on any atom is 0.180 e. The highest BCUT2D eigenvalue weighted by atomic mass is 79.9. The third kappa shape index (κ3) is 2.58. The number of rotatable bonds is 3. The predicted octanol–water partition coefficient (Wildman–Crippen LogP) is 3.24. The summed E-state index contributed by atoms with van der Waals surface area (Å²) in [6.45, 7) is 0.562. The van der Waals surface area contributed by atoms with Crippen LogP contribution in [0.1, 0.15) is 5.56 Å². The largest absolute Gasteiger partial charge is 0.363 e. The Bertz CT molecular complexity index is 708. The standard InChI is InChI=1S/C13H10BrFN4/c14-11-8-19-6-5-16-13(19)12(18-11)17-7-9-1-3-10(15)4-2-9/h1-6,8H,7H2,(H,17,18). The van der Waals surface area contributed by atoms with E-state index in [9.17, 15) is 4.39 Å². The van der Waals surface area contributed by atoms with Gasteiger partial charge in [-0.05, 0) is 33.6 Å². The van der Waals surface area contributed by atoms with E-state index in [0.717, 1.165) is 15.8 Å². The summed E-state index contributed by atoms with van der Waals surface area (Å²) in [5.41, 5.74) is 1.73. The van der Waals surface area contributed by atoms with E-state index in [1.165, 1.54) is 12.1 Å². The number of nitrogens with one attached hydrogen (secondary N) is 1. The van der Waals surface area contributed by atoms with Crippen molar-refractivity contribution < 1.29 is 4.39 Å². The first-order chi connectivity index (χ1) is 9.22. The molecular formula is C13H10BrFN4. The van der Waals surface area contributed by atoms with Gasteiger partial charge < -0.3 is 9.72 Å². The van der Waals surface area contributed by atoms with Crippen molar-refractivity contribution in [3.63, 3.8) is 0 Å². The Morgan fingerprint density at radius 3 is 2.84 bits per heavy atom. The molecule has 3 rings (SSSR count). The van der Waals surface area contributed by atoms with E-state index in [0.29, 0.717) is 12.4 Å². The first-order valence-electron chi connectivity index (χ1n) is 5.70. The van der Waals surface area contributed by atoms with Crippen molar-refractivity contribution in [2.45, 2.75) is 6.54 Å². The molecule has 2 aromatic heterocycles. The van der Waals surface area contributed by atoms with Gasteiger partial charge in [0.1, 0.15) is 10.4 Å². The SMILES string of the molecule is Fc1ccc(CNc2nc(Br)cn3ccnc23)cc1. The monoisotopic (exact) mass is 320 g/mol. The van der Waals surface area contributed by atoms with Crippen molar-refractivity contribution in [2.75, 3.05) is 5.32 Å². The van der Waals surface area contributed by atoms with Crippen LogP contribution in [-0.4, -0.2) is 14.4 Å². The minimum absolute atomic E-state index is 0.236. The van der Waals surface area contributed by atoms with Crippen LogP contribution in [0.5, 0.6) is 0 Å². The molecule has 0 aliphatic rings. The molecule has 2 heterocycles. The molecular weight excluding hydrogens is 311 g/mol. The molecule has 96 valence electrons. The molecule has 0 aliphatic heterocycles. The lowest BCUT2D eigenvalue weighted by Crippen LogP contribution is -2.04. The molecule has 0 bridgehead atoms. The van der Waals surface area contributed by atoms with Crippen molar-refractivity contribution >= 4 is 27.4 Å². The van der Waals surface area contributed by atoms with E-state index in [1.54, 1.807) is 18.3 Å². The Morgan fingerprint density at radius 1 is 1.26 bits per heavy atom. The van der Waals surface area contributed by atoms with Gasteiger partial charge in [-0.3, -0.25) is 0 Å². The van der Waals surface area contributed by atoms with Crippen LogP contribution in [0.2, 0.25) is 0 Å². The van der Waals surface area contributed by atoms with Crippen LogP contribution in [-0.2, 0) is 6.54 Å². The fourth-order valence-corrected chi connectivity index (χ4v) is 2.21. The van der Waals surface area contributed by atoms with Crippen LogP contribution in [0.3, 0.4) is 0 Å². The summed E-state index contributed by atoms with van der Waals surface area (Å²) >= 11 is 3.35. The average Bonchev–Trinajstić information content (AvgIpc) is 2.85. The van der Waals surface area contributed by atoms with Crippen LogP contribution in [0, 0.1) is 5.82 Å². The first kappa shape index (κ1) is 12.1. The van der Waals surface area contributed by atoms with E-state index in [1.807, 2.05) is 16.8 Å². The number of hydrogen-bond acceptors (Lipinski definition) is 3. The van der Waals surface area contributed by atoms with Crippen molar-refractivity contribution in [1.29, 1.82) is 0 Å². The number of benzene rings is 1. The topological polar surface area (TPSA) is 42.2 Å². The van der Waals surface area contributed by atoms with E-state index < -0.39 is 0 Å². The Kier molecular flexibility index (Phi) is 3.16. The molecule has 3 aromatic rings. The Morgan fingerprint density at radius 2 is 2.05 bits per heavy atom. The molecule has 0 spiro atoms. The number of anilines is 1. The van der Waals surface area contributed by atoms with Crippen molar-refractivity contribution in [2.24, 2.45) is 0 Å². The molecule has 0 saturated carbocycles. The summed E-state index contributed by atoms with van der Waals surface area (Å²) in [6, 6.07) is 6.36. The molecule has 0 unspecified atom stereocenters. The van der Waals surface area contributed by atoms with Crippen LogP contribution in [0.25, 0.3) is 5.65 Å². The van der Waals surface area contributed by atoms with Crippen molar-refractivity contribution in [3.8, 4) is 0 Å². The molecule has 6 heteroatoms. The molecule has 0 atom stereocenters. The molecule has 0 radical (unpaired) electrons. The van der Waals surface area contributed by atoms with Gasteiger partial charge in [-0.25, -0.2) is 14.4 Å². The van der Waals surface area contributed by atoms with Gasteiger partial charge in [0.05, 0.1) is 0 Å². The molecule has 4 nitrogen and oxygen atoms in total. The summed E-state index contributed by atoms with van der Waals surface area (Å²) in [7, 11) is 0. The maximum atomic E-state index is 12.8. The lowest BCUT2D eigenvalue weighted by Gasteiger charge is -2.07. The second-order valence-corrected chi connectivity index (χ2v) is 4.86. The van der Waals surface area contributed by atoms with E-state index in [2.05, 4.69) is 31.2 Å². The van der Waals surface area contributed by atoms with E-state index >= 15 is 0 Å². The van der Waals surface area contributed by atoms with Gasteiger partial charge in [0.25, 0.3) is 0 Å². The van der Waals surface area contributed by atoms with Gasteiger partial charge in [0.2, 0.25) is 0 Å². The fourth-order valence-electron chi connectivity index (χ4n) is 1.81. The van der Waals surface area contributed by atoms with Gasteiger partial charge in [0.15, 0.2) is 11.5 Å². The molecule has 0 amide bonds. The van der Waals surface area contributed by atoms with E-state index in [-0.39, 0.29) is 5.82 Å². The van der Waals surface area contributed by atoms with Crippen LogP contribution >= 0.6 is 15.9 Å². The van der Waals surface area contributed by atoms with Gasteiger partial charge >= 0.3 is 0 Å². The second-order valence-electron chi connectivity index (χ2n) is 4.05. The highest BCUT2D eigenvalue weighted by Crippen LogP contribution is 2.17. The highest BCUT2D eigenvalue weighted by molar-refractivity contribution is 9.10.